The van der Waals surface area contributed by atoms with Gasteiger partial charge in [0.2, 0.25) is 5.91 Å². The second kappa shape index (κ2) is 10.6. The molecule has 1 N–H and O–H groups in total. The van der Waals surface area contributed by atoms with Crippen molar-refractivity contribution in [3.63, 3.8) is 0 Å². The van der Waals surface area contributed by atoms with Gasteiger partial charge in [0, 0.05) is 48.9 Å². The second-order valence-corrected chi connectivity index (χ2v) is 9.63. The fourth-order valence-corrected chi connectivity index (χ4v) is 4.90. The van der Waals surface area contributed by atoms with Crippen molar-refractivity contribution >= 4 is 46.6 Å². The maximum absolute atomic E-state index is 12.9. The molecular formula is C24H24Cl2N4O2S. The van der Waals surface area contributed by atoms with Crippen LogP contribution in [-0.4, -0.2) is 47.0 Å². The predicted octanol–water partition coefficient (Wildman–Crippen LogP) is 4.57. The Labute approximate surface area is 206 Å². The Kier molecular flexibility index (Phi) is 7.63. The molecule has 1 saturated heterocycles. The number of aryl methyl sites for hydroxylation is 1. The van der Waals surface area contributed by atoms with Crippen molar-refractivity contribution in [1.29, 1.82) is 0 Å². The van der Waals surface area contributed by atoms with Crippen LogP contribution < -0.4 is 10.5 Å². The van der Waals surface area contributed by atoms with Gasteiger partial charge in [-0.2, -0.15) is 0 Å². The number of hydrogen-bond donors (Lipinski definition) is 1. The maximum Gasteiger partial charge on any atom is 0.255 e. The van der Waals surface area contributed by atoms with Crippen LogP contribution in [0.5, 0.6) is 0 Å². The molecule has 0 unspecified atom stereocenters. The quantitative estimate of drug-likeness (QED) is 0.394. The number of anilines is 1. The lowest BCUT2D eigenvalue weighted by atomic mass is 10.1. The third-order valence-electron chi connectivity index (χ3n) is 5.65. The zero-order chi connectivity index (χ0) is 23.4. The van der Waals surface area contributed by atoms with Crippen LogP contribution in [0.4, 0.5) is 5.69 Å². The van der Waals surface area contributed by atoms with Gasteiger partial charge in [0.05, 0.1) is 16.5 Å². The van der Waals surface area contributed by atoms with E-state index in [2.05, 4.69) is 14.9 Å². The standard InChI is InChI=1S/C24H24Cl2N4O2S/c1-16-19(23(32)28-24(27-16)33-15-17-5-3-2-4-6-17)14-22(31)30-11-9-29(10-12-30)18-7-8-20(25)21(26)13-18/h2-8,13H,9-12,14-15H2,1H3,(H,27,28,32). The summed E-state index contributed by atoms with van der Waals surface area (Å²) in [5, 5.41) is 1.60. The fraction of sp³-hybridized carbons (Fsp3) is 0.292. The Morgan fingerprint density at radius 3 is 2.45 bits per heavy atom. The van der Waals surface area contributed by atoms with Crippen LogP contribution in [0.25, 0.3) is 0 Å². The summed E-state index contributed by atoms with van der Waals surface area (Å²) in [5.74, 6) is 0.647. The van der Waals surface area contributed by atoms with Crippen molar-refractivity contribution in [1.82, 2.24) is 14.9 Å². The molecule has 3 aromatic rings. The summed E-state index contributed by atoms with van der Waals surface area (Å²) in [5.41, 5.74) is 2.91. The Morgan fingerprint density at radius 2 is 1.79 bits per heavy atom. The Balaban J connectivity index is 1.35. The lowest BCUT2D eigenvalue weighted by Crippen LogP contribution is -2.49. The third kappa shape index (κ3) is 5.91. The highest BCUT2D eigenvalue weighted by Crippen LogP contribution is 2.28. The topological polar surface area (TPSA) is 69.3 Å². The van der Waals surface area contributed by atoms with Gasteiger partial charge in [-0.25, -0.2) is 4.98 Å². The van der Waals surface area contributed by atoms with Gasteiger partial charge in [-0.1, -0.05) is 65.3 Å². The highest BCUT2D eigenvalue weighted by molar-refractivity contribution is 7.98. The van der Waals surface area contributed by atoms with Crippen LogP contribution in [-0.2, 0) is 17.0 Å². The number of aromatic amines is 1. The highest BCUT2D eigenvalue weighted by atomic mass is 35.5. The zero-order valence-electron chi connectivity index (χ0n) is 18.2. The maximum atomic E-state index is 12.9. The largest absolute Gasteiger partial charge is 0.368 e. The van der Waals surface area contributed by atoms with Crippen molar-refractivity contribution < 1.29 is 4.79 Å². The average Bonchev–Trinajstić information content (AvgIpc) is 2.82. The Bertz CT molecular complexity index is 1190. The summed E-state index contributed by atoms with van der Waals surface area (Å²) in [4.78, 5) is 36.9. The van der Waals surface area contributed by atoms with Gasteiger partial charge in [0.15, 0.2) is 5.16 Å². The van der Waals surface area contributed by atoms with Crippen LogP contribution in [0.15, 0.2) is 58.5 Å². The number of amides is 1. The summed E-state index contributed by atoms with van der Waals surface area (Å²) in [6.45, 7) is 4.31. The van der Waals surface area contributed by atoms with Crippen molar-refractivity contribution in [3.8, 4) is 0 Å². The molecule has 9 heteroatoms. The number of carbonyl (C=O) groups excluding carboxylic acids is 1. The van der Waals surface area contributed by atoms with Gasteiger partial charge in [-0.3, -0.25) is 9.59 Å². The van der Waals surface area contributed by atoms with Crippen LogP contribution >= 0.6 is 35.0 Å². The lowest BCUT2D eigenvalue weighted by Gasteiger charge is -2.36. The number of aromatic nitrogens is 2. The summed E-state index contributed by atoms with van der Waals surface area (Å²) in [6.07, 6.45) is 0.0462. The van der Waals surface area contributed by atoms with Gasteiger partial charge in [0.1, 0.15) is 0 Å². The number of piperazine rings is 1. The van der Waals surface area contributed by atoms with Crippen LogP contribution in [0.1, 0.15) is 16.8 Å². The van der Waals surface area contributed by atoms with Gasteiger partial charge < -0.3 is 14.8 Å². The molecule has 6 nitrogen and oxygen atoms in total. The molecule has 1 aromatic heterocycles. The number of benzene rings is 2. The van der Waals surface area contributed by atoms with E-state index < -0.39 is 0 Å². The summed E-state index contributed by atoms with van der Waals surface area (Å²) >= 11 is 13.6. The number of halogens is 2. The molecule has 172 valence electrons. The molecule has 2 heterocycles. The molecule has 1 aliphatic rings. The molecule has 0 bridgehead atoms. The van der Waals surface area contributed by atoms with E-state index in [1.54, 1.807) is 17.9 Å². The highest BCUT2D eigenvalue weighted by Gasteiger charge is 2.23. The average molecular weight is 503 g/mol. The number of thioether (sulfide) groups is 1. The van der Waals surface area contributed by atoms with E-state index in [1.165, 1.54) is 11.8 Å². The van der Waals surface area contributed by atoms with E-state index in [4.69, 9.17) is 23.2 Å². The van der Waals surface area contributed by atoms with Crippen molar-refractivity contribution in [2.45, 2.75) is 24.3 Å². The number of nitrogens with zero attached hydrogens (tertiary/aromatic N) is 3. The van der Waals surface area contributed by atoms with Crippen molar-refractivity contribution in [2.75, 3.05) is 31.1 Å². The van der Waals surface area contributed by atoms with Crippen molar-refractivity contribution in [3.05, 3.63) is 85.8 Å². The molecule has 0 atom stereocenters. The molecule has 0 aliphatic carbocycles. The van der Waals surface area contributed by atoms with Crippen LogP contribution in [0, 0.1) is 6.92 Å². The minimum atomic E-state index is -0.249. The Hall–Kier alpha value is -2.48. The van der Waals surface area contributed by atoms with E-state index in [-0.39, 0.29) is 17.9 Å². The van der Waals surface area contributed by atoms with Gasteiger partial charge in [-0.15, -0.1) is 0 Å². The van der Waals surface area contributed by atoms with E-state index in [0.29, 0.717) is 58.4 Å². The molecular weight excluding hydrogens is 479 g/mol. The van der Waals surface area contributed by atoms with Crippen LogP contribution in [0.3, 0.4) is 0 Å². The minimum Gasteiger partial charge on any atom is -0.368 e. The van der Waals surface area contributed by atoms with E-state index in [9.17, 15) is 9.59 Å². The molecule has 0 spiro atoms. The van der Waals surface area contributed by atoms with Crippen LogP contribution in [0.2, 0.25) is 10.0 Å². The number of rotatable bonds is 6. The summed E-state index contributed by atoms with van der Waals surface area (Å²) < 4.78 is 0. The molecule has 1 fully saturated rings. The number of nitrogens with one attached hydrogen (secondary N) is 1. The summed E-state index contributed by atoms with van der Waals surface area (Å²) in [6, 6.07) is 15.5. The molecule has 1 amide bonds. The third-order valence-corrected chi connectivity index (χ3v) is 7.33. The van der Waals surface area contributed by atoms with Crippen molar-refractivity contribution in [2.24, 2.45) is 0 Å². The Morgan fingerprint density at radius 1 is 1.06 bits per heavy atom. The van der Waals surface area contributed by atoms with E-state index in [0.717, 1.165) is 11.3 Å². The number of H-pyrrole nitrogens is 1. The van der Waals surface area contributed by atoms with Gasteiger partial charge in [-0.05, 0) is 30.7 Å². The predicted molar refractivity (Wildman–Crippen MR) is 135 cm³/mol. The van der Waals surface area contributed by atoms with E-state index in [1.807, 2.05) is 42.5 Å². The number of hydrogen-bond acceptors (Lipinski definition) is 5. The first-order valence-electron chi connectivity index (χ1n) is 10.6. The summed E-state index contributed by atoms with van der Waals surface area (Å²) in [7, 11) is 0. The molecule has 33 heavy (non-hydrogen) atoms. The first-order valence-corrected chi connectivity index (χ1v) is 12.4. The second-order valence-electron chi connectivity index (χ2n) is 7.85. The van der Waals surface area contributed by atoms with Gasteiger partial charge in [0.25, 0.3) is 5.56 Å². The molecule has 4 rings (SSSR count). The first kappa shape index (κ1) is 23.7. The van der Waals surface area contributed by atoms with E-state index >= 15 is 0 Å². The SMILES string of the molecule is Cc1nc(SCc2ccccc2)[nH]c(=O)c1CC(=O)N1CCN(c2ccc(Cl)c(Cl)c2)CC1. The fourth-order valence-electron chi connectivity index (χ4n) is 3.75. The lowest BCUT2D eigenvalue weighted by molar-refractivity contribution is -0.130. The first-order chi connectivity index (χ1) is 15.9. The smallest absolute Gasteiger partial charge is 0.255 e. The molecule has 2 aromatic carbocycles. The zero-order valence-corrected chi connectivity index (χ0v) is 20.5. The molecule has 0 radical (unpaired) electrons. The molecule has 0 saturated carbocycles. The molecule has 1 aliphatic heterocycles. The normalized spacial score (nSPS) is 13.9. The van der Waals surface area contributed by atoms with Gasteiger partial charge >= 0.3 is 0 Å². The monoisotopic (exact) mass is 502 g/mol. The number of carbonyl (C=O) groups is 1. The minimum absolute atomic E-state index is 0.0462.